The van der Waals surface area contributed by atoms with Crippen molar-refractivity contribution in [2.75, 3.05) is 7.11 Å². The number of thioether (sulfide) groups is 1. The molecule has 0 radical (unpaired) electrons. The Kier molecular flexibility index (Phi) is 8.76. The molecule has 0 spiro atoms. The van der Waals surface area contributed by atoms with E-state index in [0.717, 1.165) is 17.3 Å². The van der Waals surface area contributed by atoms with Crippen molar-refractivity contribution in [2.45, 2.75) is 22.8 Å². The molecule has 2 amide bonds. The van der Waals surface area contributed by atoms with Crippen LogP contribution in [0.4, 0.5) is 9.18 Å². The first-order valence-electron chi connectivity index (χ1n) is 8.76. The molecule has 2 aromatic carbocycles. The number of hydrogen-bond acceptors (Lipinski definition) is 6. The van der Waals surface area contributed by atoms with Crippen LogP contribution >= 0.6 is 24.2 Å². The first kappa shape index (κ1) is 24.2. The SMILES string of the molecule is COC(=O)[C@@H]([AsH2])Cc1ccc(Oc2ccc(CC3SC(=O)NC3=O)cc2F)cc1.Cl. The average molecular weight is 516 g/mol. The van der Waals surface area contributed by atoms with Crippen LogP contribution in [0.2, 0.25) is 4.71 Å². The molecule has 0 aliphatic carbocycles. The summed E-state index contributed by atoms with van der Waals surface area (Å²) < 4.78 is 24.6. The van der Waals surface area contributed by atoms with Crippen LogP contribution in [-0.2, 0) is 27.2 Å². The van der Waals surface area contributed by atoms with E-state index in [1.807, 2.05) is 12.1 Å². The number of methoxy groups -OCH3 is 1. The molecule has 160 valence electrons. The summed E-state index contributed by atoms with van der Waals surface area (Å²) in [6.07, 6.45) is 0.819. The largest absolute Gasteiger partial charge is 0.147 e. The van der Waals surface area contributed by atoms with Gasteiger partial charge in [-0.25, -0.2) is 0 Å². The third kappa shape index (κ3) is 6.24. The summed E-state index contributed by atoms with van der Waals surface area (Å²) in [6.45, 7) is 0. The monoisotopic (exact) mass is 515 g/mol. The van der Waals surface area contributed by atoms with E-state index >= 15 is 0 Å². The van der Waals surface area contributed by atoms with E-state index in [2.05, 4.69) is 5.32 Å². The fraction of sp³-hybridized carbons (Fsp3) is 0.250. The molecule has 0 saturated carbocycles. The summed E-state index contributed by atoms with van der Waals surface area (Å²) in [5, 5.41) is 1.28. The maximum Gasteiger partial charge on any atom is -0.147 e. The number of nitrogens with one attached hydrogen (secondary N) is 1. The number of carbonyl (C=O) groups excluding carboxylic acids is 3. The normalized spacial score (nSPS) is 16.4. The third-order valence-corrected chi connectivity index (χ3v) is 6.34. The molecule has 1 N–H and O–H groups in total. The van der Waals surface area contributed by atoms with E-state index in [1.165, 1.54) is 36.1 Å². The van der Waals surface area contributed by atoms with E-state index < -0.39 is 11.1 Å². The van der Waals surface area contributed by atoms with Crippen LogP contribution in [0.1, 0.15) is 11.1 Å². The first-order valence-corrected chi connectivity index (χ1v) is 11.0. The quantitative estimate of drug-likeness (QED) is 0.451. The number of amides is 2. The van der Waals surface area contributed by atoms with Crippen molar-refractivity contribution in [1.82, 2.24) is 5.32 Å². The second-order valence-corrected chi connectivity index (χ2v) is 9.30. The average Bonchev–Trinajstić information content (AvgIpc) is 3.01. The van der Waals surface area contributed by atoms with Crippen LogP contribution in [0, 0.1) is 5.82 Å². The van der Waals surface area contributed by atoms with Gasteiger partial charge in [-0.15, -0.1) is 12.4 Å². The Morgan fingerprint density at radius 2 is 1.87 bits per heavy atom. The zero-order chi connectivity index (χ0) is 21.0. The summed E-state index contributed by atoms with van der Waals surface area (Å²) >= 11 is 2.20. The molecule has 3 rings (SSSR count). The molecular formula is C20H20AsClFNO5S. The van der Waals surface area contributed by atoms with Gasteiger partial charge in [-0.3, -0.25) is 14.9 Å². The topological polar surface area (TPSA) is 81.7 Å². The fourth-order valence-electron chi connectivity index (χ4n) is 2.80. The molecule has 0 aromatic heterocycles. The molecule has 3 atom stereocenters. The molecule has 2 unspecified atom stereocenters. The van der Waals surface area contributed by atoms with Crippen LogP contribution in [0.5, 0.6) is 11.5 Å². The van der Waals surface area contributed by atoms with E-state index in [0.29, 0.717) is 17.7 Å². The Morgan fingerprint density at radius 3 is 2.43 bits per heavy atom. The van der Waals surface area contributed by atoms with Crippen molar-refractivity contribution in [3.05, 3.63) is 59.4 Å². The number of imide groups is 1. The van der Waals surface area contributed by atoms with E-state index in [9.17, 15) is 18.8 Å². The van der Waals surface area contributed by atoms with Gasteiger partial charge in [0.2, 0.25) is 5.91 Å². The third-order valence-electron chi connectivity index (χ3n) is 4.30. The predicted molar refractivity (Wildman–Crippen MR) is 117 cm³/mol. The number of carbonyl (C=O) groups is 3. The maximum absolute atomic E-state index is 14.4. The van der Waals surface area contributed by atoms with Crippen molar-refractivity contribution in [3.8, 4) is 11.5 Å². The van der Waals surface area contributed by atoms with Gasteiger partial charge in [0.15, 0.2) is 0 Å². The summed E-state index contributed by atoms with van der Waals surface area (Å²) in [4.78, 5) is 34.4. The van der Waals surface area contributed by atoms with E-state index in [4.69, 9.17) is 9.47 Å². The Hall–Kier alpha value is -2.02. The van der Waals surface area contributed by atoms with Gasteiger partial charge in [0.05, 0.1) is 5.25 Å². The second-order valence-electron chi connectivity index (χ2n) is 6.43. The molecule has 2 aromatic rings. The van der Waals surface area contributed by atoms with Gasteiger partial charge in [0.1, 0.15) is 0 Å². The molecule has 1 aliphatic rings. The van der Waals surface area contributed by atoms with Crippen LogP contribution in [0.25, 0.3) is 0 Å². The van der Waals surface area contributed by atoms with Crippen molar-refractivity contribution in [2.24, 2.45) is 0 Å². The molecule has 10 heteroatoms. The minimum Gasteiger partial charge on any atom is -0.147 e. The number of esters is 1. The summed E-state index contributed by atoms with van der Waals surface area (Å²) in [5.74, 6) is -0.627. The Labute approximate surface area is 192 Å². The molecule has 1 aliphatic heterocycles. The molecule has 0 bridgehead atoms. The predicted octanol–water partition coefficient (Wildman–Crippen LogP) is 3.07. The minimum atomic E-state index is -0.552. The first-order chi connectivity index (χ1) is 13.9. The van der Waals surface area contributed by atoms with Crippen molar-refractivity contribution in [1.29, 1.82) is 0 Å². The van der Waals surface area contributed by atoms with Gasteiger partial charge in [0, 0.05) is 0 Å². The molecule has 6 nitrogen and oxygen atoms in total. The summed E-state index contributed by atoms with van der Waals surface area (Å²) in [5.41, 5.74) is 1.56. The van der Waals surface area contributed by atoms with Gasteiger partial charge in [-0.1, -0.05) is 11.8 Å². The zero-order valence-electron chi connectivity index (χ0n) is 15.9. The minimum absolute atomic E-state index is 0. The maximum atomic E-state index is 14.4. The summed E-state index contributed by atoms with van der Waals surface area (Å²) in [7, 11) is 1.37. The number of halogens is 2. The van der Waals surface area contributed by atoms with Crippen molar-refractivity contribution < 1.29 is 28.2 Å². The number of ether oxygens (including phenoxy) is 2. The molecule has 30 heavy (non-hydrogen) atoms. The van der Waals surface area contributed by atoms with E-state index in [-0.39, 0.29) is 46.4 Å². The van der Waals surface area contributed by atoms with Gasteiger partial charge in [-0.2, -0.15) is 0 Å². The number of rotatable bonds is 7. The zero-order valence-corrected chi connectivity index (χ0v) is 20.0. The smallest absolute Gasteiger partial charge is 0.147 e. The van der Waals surface area contributed by atoms with E-state index in [1.54, 1.807) is 18.2 Å². The number of hydrogen-bond donors (Lipinski definition) is 1. The van der Waals surface area contributed by atoms with Gasteiger partial charge < -0.3 is 0 Å². The van der Waals surface area contributed by atoms with Crippen LogP contribution in [0.3, 0.4) is 0 Å². The molecule has 1 fully saturated rings. The van der Waals surface area contributed by atoms with Crippen molar-refractivity contribution in [3.63, 3.8) is 0 Å². The second kappa shape index (κ2) is 10.8. The Balaban J connectivity index is 0.00000320. The van der Waals surface area contributed by atoms with Gasteiger partial charge >= 0.3 is 137 Å². The molecular weight excluding hydrogens is 496 g/mol. The van der Waals surface area contributed by atoms with Crippen LogP contribution in [0.15, 0.2) is 42.5 Å². The Bertz CT molecular complexity index is 943. The van der Waals surface area contributed by atoms with Gasteiger partial charge in [-0.05, 0) is 0 Å². The Morgan fingerprint density at radius 1 is 1.20 bits per heavy atom. The molecule has 1 heterocycles. The molecule has 1 saturated heterocycles. The number of benzene rings is 2. The van der Waals surface area contributed by atoms with Gasteiger partial charge in [0.25, 0.3) is 5.24 Å². The van der Waals surface area contributed by atoms with Crippen LogP contribution in [-0.4, -0.2) is 46.3 Å². The fourth-order valence-corrected chi connectivity index (χ4v) is 4.52. The summed E-state index contributed by atoms with van der Waals surface area (Å²) in [6, 6.07) is 11.5. The standard InChI is InChI=1S/C20H19AsFNO5S.ClH/c1-27-19(25)14(21)8-11-2-5-13(6-3-11)28-16-7-4-12(9-15(16)22)10-17-18(24)23-20(26)29-17;/h2-7,9,14,17H,8,10,21H2,1H3,(H,23,24,26);1H/t14-,17?;/m0./s1. The van der Waals surface area contributed by atoms with Crippen molar-refractivity contribution >= 4 is 58.1 Å². The van der Waals surface area contributed by atoms with Crippen LogP contribution < -0.4 is 10.1 Å².